The van der Waals surface area contributed by atoms with Crippen LogP contribution in [0.4, 0.5) is 0 Å². The van der Waals surface area contributed by atoms with Crippen molar-refractivity contribution in [3.63, 3.8) is 0 Å². The van der Waals surface area contributed by atoms with Gasteiger partial charge in [0.25, 0.3) is 0 Å². The summed E-state index contributed by atoms with van der Waals surface area (Å²) in [4.78, 5) is 4.41. The summed E-state index contributed by atoms with van der Waals surface area (Å²) >= 11 is 1.70. The van der Waals surface area contributed by atoms with Gasteiger partial charge in [-0.3, -0.25) is 0 Å². The summed E-state index contributed by atoms with van der Waals surface area (Å²) in [6.07, 6.45) is 1.95. The van der Waals surface area contributed by atoms with Gasteiger partial charge in [0.05, 0.1) is 6.04 Å². The lowest BCUT2D eigenvalue weighted by Crippen LogP contribution is -2.09. The van der Waals surface area contributed by atoms with E-state index < -0.39 is 0 Å². The average molecular weight is 228 g/mol. The minimum atomic E-state index is -0.0206. The number of thiophene rings is 1. The molecule has 16 heavy (non-hydrogen) atoms. The zero-order chi connectivity index (χ0) is 11.0. The predicted molar refractivity (Wildman–Crippen MR) is 68.6 cm³/mol. The van der Waals surface area contributed by atoms with Crippen LogP contribution in [0.5, 0.6) is 0 Å². The molecule has 3 N–H and O–H groups in total. The molecule has 0 aliphatic rings. The highest BCUT2D eigenvalue weighted by atomic mass is 32.1. The number of aromatic nitrogens is 1. The molecule has 3 rings (SSSR count). The molecule has 2 nitrogen and oxygen atoms in total. The van der Waals surface area contributed by atoms with Crippen molar-refractivity contribution < 1.29 is 0 Å². The Kier molecular flexibility index (Phi) is 2.27. The van der Waals surface area contributed by atoms with E-state index in [0.717, 1.165) is 11.1 Å². The first kappa shape index (κ1) is 9.63. The van der Waals surface area contributed by atoms with E-state index in [-0.39, 0.29) is 6.04 Å². The Morgan fingerprint density at radius 3 is 2.94 bits per heavy atom. The monoisotopic (exact) mass is 228 g/mol. The third-order valence-corrected chi connectivity index (χ3v) is 3.74. The number of H-pyrrole nitrogens is 1. The number of hydrogen-bond donors (Lipinski definition) is 2. The van der Waals surface area contributed by atoms with Crippen molar-refractivity contribution in [2.45, 2.75) is 6.04 Å². The van der Waals surface area contributed by atoms with E-state index in [4.69, 9.17) is 5.73 Å². The number of nitrogens with two attached hydrogens (primary N) is 1. The summed E-state index contributed by atoms with van der Waals surface area (Å²) in [7, 11) is 0. The maximum absolute atomic E-state index is 6.22. The zero-order valence-electron chi connectivity index (χ0n) is 8.68. The predicted octanol–water partition coefficient (Wildman–Crippen LogP) is 3.28. The van der Waals surface area contributed by atoms with Crippen LogP contribution >= 0.6 is 11.3 Å². The Morgan fingerprint density at radius 2 is 2.12 bits per heavy atom. The SMILES string of the molecule is N[C@@H](c1ccc2cc[nH]c2c1)c1cccs1. The maximum atomic E-state index is 6.22. The maximum Gasteiger partial charge on any atom is 0.0646 e. The van der Waals surface area contributed by atoms with Crippen molar-refractivity contribution in [3.8, 4) is 0 Å². The summed E-state index contributed by atoms with van der Waals surface area (Å²) in [5.41, 5.74) is 8.51. The molecule has 2 heterocycles. The van der Waals surface area contributed by atoms with E-state index >= 15 is 0 Å². The highest BCUT2D eigenvalue weighted by Crippen LogP contribution is 2.25. The Morgan fingerprint density at radius 1 is 1.19 bits per heavy atom. The second kappa shape index (κ2) is 3.77. The lowest BCUT2D eigenvalue weighted by molar-refractivity contribution is 0.895. The molecule has 0 aliphatic heterocycles. The van der Waals surface area contributed by atoms with Gasteiger partial charge in [-0.2, -0.15) is 0 Å². The van der Waals surface area contributed by atoms with E-state index in [1.807, 2.05) is 12.3 Å². The normalized spacial score (nSPS) is 13.1. The van der Waals surface area contributed by atoms with E-state index in [2.05, 4.69) is 40.7 Å². The molecule has 0 fully saturated rings. The largest absolute Gasteiger partial charge is 0.361 e. The van der Waals surface area contributed by atoms with Gasteiger partial charge >= 0.3 is 0 Å². The fraction of sp³-hybridized carbons (Fsp3) is 0.0769. The van der Waals surface area contributed by atoms with Crippen molar-refractivity contribution in [2.24, 2.45) is 5.73 Å². The van der Waals surface area contributed by atoms with Gasteiger partial charge in [-0.1, -0.05) is 18.2 Å². The number of aromatic amines is 1. The first-order valence-corrected chi connectivity index (χ1v) is 6.08. The summed E-state index contributed by atoms with van der Waals surface area (Å²) in [5.74, 6) is 0. The van der Waals surface area contributed by atoms with Gasteiger partial charge in [-0.25, -0.2) is 0 Å². The fourth-order valence-corrected chi connectivity index (χ4v) is 2.65. The number of fused-ring (bicyclic) bond motifs is 1. The van der Waals surface area contributed by atoms with Crippen molar-refractivity contribution in [1.82, 2.24) is 4.98 Å². The first-order valence-electron chi connectivity index (χ1n) is 5.20. The van der Waals surface area contributed by atoms with Crippen molar-refractivity contribution in [1.29, 1.82) is 0 Å². The van der Waals surface area contributed by atoms with E-state index in [9.17, 15) is 0 Å². The van der Waals surface area contributed by atoms with Gasteiger partial charge < -0.3 is 10.7 Å². The molecule has 3 aromatic rings. The summed E-state index contributed by atoms with van der Waals surface area (Å²) < 4.78 is 0. The van der Waals surface area contributed by atoms with E-state index in [0.29, 0.717) is 0 Å². The molecule has 0 amide bonds. The first-order chi connectivity index (χ1) is 7.84. The summed E-state index contributed by atoms with van der Waals surface area (Å²) in [6, 6.07) is 12.5. The molecule has 0 aliphatic carbocycles. The molecule has 0 saturated heterocycles. The minimum Gasteiger partial charge on any atom is -0.361 e. The number of rotatable bonds is 2. The number of nitrogens with one attached hydrogen (secondary N) is 1. The Hall–Kier alpha value is -1.58. The lowest BCUT2D eigenvalue weighted by atomic mass is 10.0. The van der Waals surface area contributed by atoms with Gasteiger partial charge in [-0.15, -0.1) is 11.3 Å². The lowest BCUT2D eigenvalue weighted by Gasteiger charge is -2.09. The highest BCUT2D eigenvalue weighted by molar-refractivity contribution is 7.10. The molecule has 1 aromatic carbocycles. The van der Waals surface area contributed by atoms with Crippen LogP contribution in [0.3, 0.4) is 0 Å². The van der Waals surface area contributed by atoms with Gasteiger partial charge in [0.1, 0.15) is 0 Å². The molecule has 2 aromatic heterocycles. The summed E-state index contributed by atoms with van der Waals surface area (Å²) in [5, 5.41) is 3.28. The molecular formula is C13H12N2S. The number of benzene rings is 1. The van der Waals surface area contributed by atoms with E-state index in [1.165, 1.54) is 10.3 Å². The van der Waals surface area contributed by atoms with Crippen molar-refractivity contribution >= 4 is 22.2 Å². The van der Waals surface area contributed by atoms with Gasteiger partial charge in [0.2, 0.25) is 0 Å². The molecule has 1 atom stereocenters. The Balaban J connectivity index is 2.05. The molecule has 0 saturated carbocycles. The third-order valence-electron chi connectivity index (χ3n) is 2.79. The molecule has 0 bridgehead atoms. The van der Waals surface area contributed by atoms with Crippen LogP contribution < -0.4 is 5.73 Å². The van der Waals surface area contributed by atoms with Crippen molar-refractivity contribution in [2.75, 3.05) is 0 Å². The average Bonchev–Trinajstić information content (AvgIpc) is 2.98. The molecule has 80 valence electrons. The smallest absolute Gasteiger partial charge is 0.0646 e. The Bertz CT molecular complexity index is 595. The van der Waals surface area contributed by atoms with Crippen LogP contribution in [0.2, 0.25) is 0 Å². The standard InChI is InChI=1S/C13H12N2S/c14-13(12-2-1-7-16-12)10-4-3-9-5-6-15-11(9)8-10/h1-8,13,15H,14H2/t13-/m0/s1. The van der Waals surface area contributed by atoms with Gasteiger partial charge in [-0.05, 0) is 34.5 Å². The zero-order valence-corrected chi connectivity index (χ0v) is 9.50. The molecule has 3 heteroatoms. The second-order valence-electron chi connectivity index (χ2n) is 3.82. The quantitative estimate of drug-likeness (QED) is 0.694. The van der Waals surface area contributed by atoms with E-state index in [1.54, 1.807) is 11.3 Å². The van der Waals surface area contributed by atoms with Crippen LogP contribution in [0.25, 0.3) is 10.9 Å². The summed E-state index contributed by atoms with van der Waals surface area (Å²) in [6.45, 7) is 0. The third kappa shape index (κ3) is 1.54. The Labute approximate surface area is 97.7 Å². The van der Waals surface area contributed by atoms with Crippen LogP contribution in [0.15, 0.2) is 48.0 Å². The van der Waals surface area contributed by atoms with Crippen LogP contribution in [0, 0.1) is 0 Å². The van der Waals surface area contributed by atoms with Crippen LogP contribution in [-0.4, -0.2) is 4.98 Å². The number of hydrogen-bond acceptors (Lipinski definition) is 2. The molecule has 0 spiro atoms. The van der Waals surface area contributed by atoms with Crippen LogP contribution in [-0.2, 0) is 0 Å². The minimum absolute atomic E-state index is 0.0206. The fourth-order valence-electron chi connectivity index (χ4n) is 1.89. The molecule has 0 radical (unpaired) electrons. The van der Waals surface area contributed by atoms with Crippen LogP contribution in [0.1, 0.15) is 16.5 Å². The molecule has 0 unspecified atom stereocenters. The topological polar surface area (TPSA) is 41.8 Å². The molecular weight excluding hydrogens is 216 g/mol. The highest BCUT2D eigenvalue weighted by Gasteiger charge is 2.10. The second-order valence-corrected chi connectivity index (χ2v) is 4.80. The van der Waals surface area contributed by atoms with Gasteiger partial charge in [0, 0.05) is 16.6 Å². The van der Waals surface area contributed by atoms with Crippen molar-refractivity contribution in [3.05, 3.63) is 58.4 Å². The van der Waals surface area contributed by atoms with Gasteiger partial charge in [0.15, 0.2) is 0 Å².